The Labute approximate surface area is 198 Å². The number of anilines is 3. The summed E-state index contributed by atoms with van der Waals surface area (Å²) in [6.07, 6.45) is 4.54. The predicted octanol–water partition coefficient (Wildman–Crippen LogP) is 4.46. The van der Waals surface area contributed by atoms with Crippen LogP contribution in [0.3, 0.4) is 0 Å². The first-order valence-corrected chi connectivity index (χ1v) is 11.0. The zero-order chi connectivity index (χ0) is 23.6. The molecule has 0 unspecified atom stereocenters. The number of benzene rings is 2. The van der Waals surface area contributed by atoms with Gasteiger partial charge in [0.15, 0.2) is 0 Å². The third kappa shape index (κ3) is 4.56. The van der Waals surface area contributed by atoms with E-state index in [4.69, 9.17) is 15.2 Å². The van der Waals surface area contributed by atoms with Crippen LogP contribution in [0.4, 0.5) is 21.6 Å². The molecule has 0 radical (unpaired) electrons. The average molecular weight is 516 g/mol. The number of primary amides is 1. The number of carbonyl (C=O) groups is 1. The lowest BCUT2D eigenvalue weighted by Gasteiger charge is -2.32. The van der Waals surface area contributed by atoms with Gasteiger partial charge in [0.1, 0.15) is 23.6 Å². The fourth-order valence-electron chi connectivity index (χ4n) is 3.96. The lowest BCUT2D eigenvalue weighted by Crippen LogP contribution is -2.38. The van der Waals surface area contributed by atoms with E-state index < -0.39 is 11.7 Å². The molecular weight excluding hydrogens is 493 g/mol. The van der Waals surface area contributed by atoms with E-state index in [-0.39, 0.29) is 6.42 Å². The number of nitrogens with zero attached hydrogens (tertiary/aromatic N) is 3. The summed E-state index contributed by atoms with van der Waals surface area (Å²) in [4.78, 5) is 21.6. The van der Waals surface area contributed by atoms with Crippen molar-refractivity contribution in [3.8, 4) is 11.5 Å². The second kappa shape index (κ2) is 9.22. The topological polar surface area (TPSA) is 103 Å². The van der Waals surface area contributed by atoms with Gasteiger partial charge in [-0.3, -0.25) is 4.79 Å². The minimum atomic E-state index is -1.87. The Kier molecular flexibility index (Phi) is 6.37. The van der Waals surface area contributed by atoms with Crippen LogP contribution in [-0.4, -0.2) is 42.4 Å². The van der Waals surface area contributed by atoms with Crippen molar-refractivity contribution in [1.82, 2.24) is 9.97 Å². The molecule has 2 heterocycles. The van der Waals surface area contributed by atoms with E-state index in [0.29, 0.717) is 52.6 Å². The number of hydrogen-bond donors (Lipinski definition) is 2. The summed E-state index contributed by atoms with van der Waals surface area (Å²) in [5, 5.41) is 3.96. The van der Waals surface area contributed by atoms with E-state index in [1.807, 2.05) is 18.2 Å². The lowest BCUT2D eigenvalue weighted by atomic mass is 10.1. The Morgan fingerprint density at radius 3 is 2.76 bits per heavy atom. The first kappa shape index (κ1) is 22.8. The molecule has 1 aromatic heterocycles. The van der Waals surface area contributed by atoms with Gasteiger partial charge < -0.3 is 25.4 Å². The number of alkyl halides is 1. The monoisotopic (exact) mass is 515 g/mol. The van der Waals surface area contributed by atoms with Gasteiger partial charge in [0, 0.05) is 35.0 Å². The van der Waals surface area contributed by atoms with Crippen LogP contribution in [0.5, 0.6) is 11.5 Å². The molecule has 0 bridgehead atoms. The number of nitrogens with two attached hydrogens (primary N) is 1. The van der Waals surface area contributed by atoms with Gasteiger partial charge in [0.2, 0.25) is 11.7 Å². The standard InChI is InChI=1S/C23H23BrFN5O3/c1-32-19-5-4-14(24)10-17(19)29-22-15-11-18(20(33-2)12-16(15)27-13-28-22)30-9-3-7-23(30,25)8-6-21(26)31/h4-6,8,10-13H,3,7,9H2,1-2H3,(H2,26,31)(H,27,28,29)/b8-6+/t23-/m0/s1. The van der Waals surface area contributed by atoms with Gasteiger partial charge in [-0.25, -0.2) is 14.4 Å². The van der Waals surface area contributed by atoms with Gasteiger partial charge in [0.25, 0.3) is 0 Å². The van der Waals surface area contributed by atoms with Crippen molar-refractivity contribution >= 4 is 49.9 Å². The Bertz CT molecular complexity index is 1240. The molecule has 8 nitrogen and oxygen atoms in total. The fraction of sp³-hybridized carbons (Fsp3) is 0.261. The highest BCUT2D eigenvalue weighted by molar-refractivity contribution is 9.10. The van der Waals surface area contributed by atoms with Crippen molar-refractivity contribution in [1.29, 1.82) is 0 Å². The van der Waals surface area contributed by atoms with Gasteiger partial charge in [0.05, 0.1) is 31.1 Å². The van der Waals surface area contributed by atoms with Crippen LogP contribution in [0.1, 0.15) is 12.8 Å². The average Bonchev–Trinajstić information content (AvgIpc) is 3.19. The number of aromatic nitrogens is 2. The third-order valence-corrected chi connectivity index (χ3v) is 6.00. The Morgan fingerprint density at radius 2 is 2.03 bits per heavy atom. The van der Waals surface area contributed by atoms with Crippen LogP contribution in [0.15, 0.2) is 53.3 Å². The van der Waals surface area contributed by atoms with Gasteiger partial charge in [-0.2, -0.15) is 0 Å². The first-order valence-electron chi connectivity index (χ1n) is 10.2. The molecule has 3 N–H and O–H groups in total. The molecule has 1 saturated heterocycles. The van der Waals surface area contributed by atoms with Crippen LogP contribution < -0.4 is 25.4 Å². The molecule has 1 aliphatic heterocycles. The summed E-state index contributed by atoms with van der Waals surface area (Å²) in [7, 11) is 3.11. The highest BCUT2D eigenvalue weighted by Gasteiger charge is 2.40. The van der Waals surface area contributed by atoms with Crippen molar-refractivity contribution in [2.75, 3.05) is 31.0 Å². The molecule has 1 amide bonds. The molecule has 4 rings (SSSR count). The SMILES string of the molecule is COc1ccc(Br)cc1Nc1ncnc2cc(OC)c(N3CCC[C@@]3(F)/C=C/C(N)=O)cc12. The summed E-state index contributed by atoms with van der Waals surface area (Å²) in [6, 6.07) is 9.11. The largest absolute Gasteiger partial charge is 0.495 e. The molecule has 0 spiro atoms. The van der Waals surface area contributed by atoms with Crippen molar-refractivity contribution in [3.63, 3.8) is 0 Å². The van der Waals surface area contributed by atoms with Crippen LogP contribution in [0.25, 0.3) is 10.9 Å². The maximum Gasteiger partial charge on any atom is 0.241 e. The second-order valence-corrected chi connectivity index (χ2v) is 8.46. The smallest absolute Gasteiger partial charge is 0.241 e. The minimum absolute atomic E-state index is 0.226. The minimum Gasteiger partial charge on any atom is -0.495 e. The molecule has 1 aliphatic rings. The second-order valence-electron chi connectivity index (χ2n) is 7.54. The molecule has 0 saturated carbocycles. The zero-order valence-electron chi connectivity index (χ0n) is 18.1. The Morgan fingerprint density at radius 1 is 1.24 bits per heavy atom. The van der Waals surface area contributed by atoms with Gasteiger partial charge >= 0.3 is 0 Å². The summed E-state index contributed by atoms with van der Waals surface area (Å²) in [5.74, 6) is -0.947. The van der Waals surface area contributed by atoms with E-state index in [1.54, 1.807) is 24.1 Å². The number of carbonyl (C=O) groups excluding carboxylic acids is 1. The molecule has 3 aromatic rings. The number of rotatable bonds is 7. The van der Waals surface area contributed by atoms with Gasteiger partial charge in [-0.1, -0.05) is 15.9 Å². The van der Waals surface area contributed by atoms with E-state index in [1.165, 1.54) is 19.5 Å². The maximum absolute atomic E-state index is 15.8. The van der Waals surface area contributed by atoms with Crippen molar-refractivity contribution in [3.05, 3.63) is 53.3 Å². The molecule has 2 aromatic carbocycles. The normalized spacial score (nSPS) is 18.1. The molecule has 1 atom stereocenters. The number of halogens is 2. The summed E-state index contributed by atoms with van der Waals surface area (Å²) in [5.41, 5.74) is 7.05. The summed E-state index contributed by atoms with van der Waals surface area (Å²) in [6.45, 7) is 0.442. The number of hydrogen-bond acceptors (Lipinski definition) is 7. The highest BCUT2D eigenvalue weighted by Crippen LogP contribution is 2.43. The van der Waals surface area contributed by atoms with E-state index in [9.17, 15) is 4.79 Å². The molecular formula is C23H23BrFN5O3. The van der Waals surface area contributed by atoms with Gasteiger partial charge in [-0.15, -0.1) is 0 Å². The van der Waals surface area contributed by atoms with Crippen LogP contribution >= 0.6 is 15.9 Å². The van der Waals surface area contributed by atoms with Crippen molar-refractivity contribution in [2.24, 2.45) is 5.73 Å². The fourth-order valence-corrected chi connectivity index (χ4v) is 4.32. The first-order chi connectivity index (χ1) is 15.8. The van der Waals surface area contributed by atoms with E-state index >= 15 is 4.39 Å². The Balaban J connectivity index is 1.82. The number of nitrogens with one attached hydrogen (secondary N) is 1. The van der Waals surface area contributed by atoms with E-state index in [0.717, 1.165) is 10.5 Å². The number of methoxy groups -OCH3 is 2. The van der Waals surface area contributed by atoms with Crippen LogP contribution in [0, 0.1) is 0 Å². The molecule has 1 fully saturated rings. The number of amides is 1. The number of fused-ring (bicyclic) bond motifs is 1. The Hall–Kier alpha value is -3.40. The maximum atomic E-state index is 15.8. The third-order valence-electron chi connectivity index (χ3n) is 5.50. The predicted molar refractivity (Wildman–Crippen MR) is 129 cm³/mol. The van der Waals surface area contributed by atoms with Crippen molar-refractivity contribution < 1.29 is 18.7 Å². The highest BCUT2D eigenvalue weighted by atomic mass is 79.9. The lowest BCUT2D eigenvalue weighted by molar-refractivity contribution is -0.113. The van der Waals surface area contributed by atoms with Crippen LogP contribution in [-0.2, 0) is 4.79 Å². The quantitative estimate of drug-likeness (QED) is 0.353. The molecule has 0 aliphatic carbocycles. The molecule has 10 heteroatoms. The van der Waals surface area contributed by atoms with Crippen LogP contribution in [0.2, 0.25) is 0 Å². The molecule has 172 valence electrons. The van der Waals surface area contributed by atoms with Crippen molar-refractivity contribution in [2.45, 2.75) is 18.6 Å². The zero-order valence-corrected chi connectivity index (χ0v) is 19.7. The number of ether oxygens (including phenoxy) is 2. The molecule has 33 heavy (non-hydrogen) atoms. The van der Waals surface area contributed by atoms with E-state index in [2.05, 4.69) is 31.2 Å². The van der Waals surface area contributed by atoms with Gasteiger partial charge in [-0.05, 0) is 36.8 Å². The summed E-state index contributed by atoms with van der Waals surface area (Å²) < 4.78 is 27.7. The summed E-state index contributed by atoms with van der Waals surface area (Å²) >= 11 is 3.47.